The number of anilines is 1. The average molecular weight is 439 g/mol. The molecule has 0 unspecified atom stereocenters. The minimum absolute atomic E-state index is 0.226. The maximum atomic E-state index is 12.6. The molecule has 0 aliphatic rings. The van der Waals surface area contributed by atoms with Crippen molar-refractivity contribution in [2.75, 3.05) is 23.4 Å². The fraction of sp³-hybridized carbons (Fsp3) is 0.350. The molecular weight excluding hydrogens is 412 g/mol. The average Bonchev–Trinajstić information content (AvgIpc) is 2.65. The Labute approximate surface area is 172 Å². The number of sulfone groups is 1. The molecule has 29 heavy (non-hydrogen) atoms. The van der Waals surface area contributed by atoms with E-state index >= 15 is 0 Å². The number of benzene rings is 2. The van der Waals surface area contributed by atoms with Crippen LogP contribution in [0.2, 0.25) is 0 Å². The van der Waals surface area contributed by atoms with Gasteiger partial charge in [0.2, 0.25) is 10.0 Å². The van der Waals surface area contributed by atoms with E-state index in [2.05, 4.69) is 5.32 Å². The number of amides is 1. The molecule has 0 aliphatic heterocycles. The second kappa shape index (κ2) is 8.96. The SMILES string of the molecule is CC[C@@H](NC(=O)c1ccc(N(CC)S(C)(=O)=O)cc1)c1ccc(S(C)(=O)=O)cc1. The molecule has 1 atom stereocenters. The Morgan fingerprint density at radius 1 is 0.931 bits per heavy atom. The zero-order valence-electron chi connectivity index (χ0n) is 16.9. The molecule has 158 valence electrons. The summed E-state index contributed by atoms with van der Waals surface area (Å²) in [6.07, 6.45) is 2.91. The van der Waals surface area contributed by atoms with E-state index in [1.807, 2.05) is 6.92 Å². The minimum atomic E-state index is -3.38. The smallest absolute Gasteiger partial charge is 0.251 e. The highest BCUT2D eigenvalue weighted by Gasteiger charge is 2.18. The van der Waals surface area contributed by atoms with Crippen LogP contribution in [0.15, 0.2) is 53.4 Å². The van der Waals surface area contributed by atoms with E-state index in [0.29, 0.717) is 24.2 Å². The van der Waals surface area contributed by atoms with Crippen LogP contribution in [0.4, 0.5) is 5.69 Å². The van der Waals surface area contributed by atoms with E-state index in [0.717, 1.165) is 18.1 Å². The molecule has 0 aromatic heterocycles. The molecule has 0 saturated carbocycles. The Kier molecular flexibility index (Phi) is 7.07. The lowest BCUT2D eigenvalue weighted by Gasteiger charge is -2.21. The maximum absolute atomic E-state index is 12.6. The highest BCUT2D eigenvalue weighted by molar-refractivity contribution is 7.92. The first kappa shape index (κ1) is 22.9. The number of hydrogen-bond acceptors (Lipinski definition) is 5. The number of nitrogens with zero attached hydrogens (tertiary/aromatic N) is 1. The van der Waals surface area contributed by atoms with Crippen LogP contribution in [0.25, 0.3) is 0 Å². The summed E-state index contributed by atoms with van der Waals surface area (Å²) >= 11 is 0. The van der Waals surface area contributed by atoms with E-state index < -0.39 is 19.9 Å². The third kappa shape index (κ3) is 5.80. The van der Waals surface area contributed by atoms with Crippen molar-refractivity contribution < 1.29 is 21.6 Å². The summed E-state index contributed by atoms with van der Waals surface area (Å²) in [6.45, 7) is 3.96. The Morgan fingerprint density at radius 2 is 1.48 bits per heavy atom. The van der Waals surface area contributed by atoms with Gasteiger partial charge in [-0.05, 0) is 55.3 Å². The number of rotatable bonds is 8. The molecule has 0 heterocycles. The summed E-state index contributed by atoms with van der Waals surface area (Å²) in [5.74, 6) is -0.294. The van der Waals surface area contributed by atoms with Crippen LogP contribution in [0.5, 0.6) is 0 Å². The number of hydrogen-bond donors (Lipinski definition) is 1. The molecule has 0 aliphatic carbocycles. The van der Waals surface area contributed by atoms with E-state index in [1.54, 1.807) is 43.3 Å². The predicted octanol–water partition coefficient (Wildman–Crippen LogP) is 2.76. The third-order valence-electron chi connectivity index (χ3n) is 4.53. The van der Waals surface area contributed by atoms with Crippen molar-refractivity contribution in [2.45, 2.75) is 31.2 Å². The Hall–Kier alpha value is -2.39. The largest absolute Gasteiger partial charge is 0.345 e. The van der Waals surface area contributed by atoms with Gasteiger partial charge in [0.05, 0.1) is 22.9 Å². The lowest BCUT2D eigenvalue weighted by Crippen LogP contribution is -2.30. The van der Waals surface area contributed by atoms with Gasteiger partial charge in [-0.25, -0.2) is 16.8 Å². The van der Waals surface area contributed by atoms with Crippen LogP contribution in [0.3, 0.4) is 0 Å². The first-order chi connectivity index (χ1) is 13.5. The first-order valence-corrected chi connectivity index (χ1v) is 12.9. The van der Waals surface area contributed by atoms with Crippen molar-refractivity contribution >= 4 is 31.5 Å². The molecule has 2 aromatic carbocycles. The van der Waals surface area contributed by atoms with Crippen molar-refractivity contribution in [3.05, 3.63) is 59.7 Å². The van der Waals surface area contributed by atoms with Crippen molar-refractivity contribution in [1.82, 2.24) is 5.32 Å². The quantitative estimate of drug-likeness (QED) is 0.683. The van der Waals surface area contributed by atoms with Crippen molar-refractivity contribution in [1.29, 1.82) is 0 Å². The Morgan fingerprint density at radius 3 is 1.90 bits per heavy atom. The van der Waals surface area contributed by atoms with Crippen LogP contribution in [0, 0.1) is 0 Å². The summed E-state index contributed by atoms with van der Waals surface area (Å²) in [5.41, 5.74) is 1.71. The van der Waals surface area contributed by atoms with Crippen molar-refractivity contribution in [3.8, 4) is 0 Å². The topological polar surface area (TPSA) is 101 Å². The van der Waals surface area contributed by atoms with Gasteiger partial charge in [-0.1, -0.05) is 19.1 Å². The molecule has 0 saturated heterocycles. The van der Waals surface area contributed by atoms with Gasteiger partial charge in [-0.2, -0.15) is 0 Å². The van der Waals surface area contributed by atoms with E-state index in [9.17, 15) is 21.6 Å². The Bertz CT molecular complexity index is 1060. The minimum Gasteiger partial charge on any atom is -0.345 e. The van der Waals surface area contributed by atoms with Gasteiger partial charge in [-0.15, -0.1) is 0 Å². The molecule has 0 fully saturated rings. The molecule has 0 spiro atoms. The lowest BCUT2D eigenvalue weighted by molar-refractivity contribution is 0.0935. The van der Waals surface area contributed by atoms with E-state index in [-0.39, 0.29) is 16.8 Å². The summed E-state index contributed by atoms with van der Waals surface area (Å²) in [5, 5.41) is 2.93. The van der Waals surface area contributed by atoms with Crippen LogP contribution in [0.1, 0.15) is 42.2 Å². The van der Waals surface area contributed by atoms with Crippen molar-refractivity contribution in [3.63, 3.8) is 0 Å². The van der Waals surface area contributed by atoms with Gasteiger partial charge in [0.1, 0.15) is 0 Å². The van der Waals surface area contributed by atoms with Crippen LogP contribution in [-0.2, 0) is 19.9 Å². The highest BCUT2D eigenvalue weighted by atomic mass is 32.2. The molecule has 0 bridgehead atoms. The molecule has 1 N–H and O–H groups in total. The van der Waals surface area contributed by atoms with Gasteiger partial charge in [-0.3, -0.25) is 9.10 Å². The summed E-state index contributed by atoms with van der Waals surface area (Å²) in [7, 11) is -6.66. The molecular formula is C20H26N2O5S2. The fourth-order valence-electron chi connectivity index (χ4n) is 3.00. The molecule has 2 rings (SSSR count). The highest BCUT2D eigenvalue weighted by Crippen LogP contribution is 2.21. The number of carbonyl (C=O) groups excluding carboxylic acids is 1. The van der Waals surface area contributed by atoms with Crippen LogP contribution in [-0.4, -0.2) is 41.8 Å². The summed E-state index contributed by atoms with van der Waals surface area (Å²) in [4.78, 5) is 12.8. The number of carbonyl (C=O) groups is 1. The molecule has 9 heteroatoms. The van der Waals surface area contributed by atoms with Gasteiger partial charge in [0.15, 0.2) is 9.84 Å². The van der Waals surface area contributed by atoms with Gasteiger partial charge >= 0.3 is 0 Å². The zero-order valence-corrected chi connectivity index (χ0v) is 18.5. The van der Waals surface area contributed by atoms with Crippen LogP contribution >= 0.6 is 0 Å². The number of nitrogens with one attached hydrogen (secondary N) is 1. The molecule has 1 amide bonds. The second-order valence-electron chi connectivity index (χ2n) is 6.75. The molecule has 7 nitrogen and oxygen atoms in total. The molecule has 0 radical (unpaired) electrons. The van der Waals surface area contributed by atoms with Crippen molar-refractivity contribution in [2.24, 2.45) is 0 Å². The lowest BCUT2D eigenvalue weighted by atomic mass is 10.0. The molecule has 2 aromatic rings. The number of sulfonamides is 1. The predicted molar refractivity (Wildman–Crippen MR) is 114 cm³/mol. The monoisotopic (exact) mass is 438 g/mol. The maximum Gasteiger partial charge on any atom is 0.251 e. The van der Waals surface area contributed by atoms with E-state index in [4.69, 9.17) is 0 Å². The Balaban J connectivity index is 2.17. The fourth-order valence-corrected chi connectivity index (χ4v) is 4.60. The standard InChI is InChI=1S/C20H26N2O5S2/c1-5-19(15-9-13-18(14-10-15)28(3,24)25)21-20(23)16-7-11-17(12-8-16)22(6-2)29(4,26)27/h7-14,19H,5-6H2,1-4H3,(H,21,23)/t19-/m1/s1. The van der Waals surface area contributed by atoms with E-state index in [1.165, 1.54) is 16.4 Å². The summed E-state index contributed by atoms with van der Waals surface area (Å²) in [6, 6.07) is 12.5. The zero-order chi connectivity index (χ0) is 21.8. The van der Waals surface area contributed by atoms with Gasteiger partial charge in [0, 0.05) is 18.4 Å². The summed E-state index contributed by atoms with van der Waals surface area (Å²) < 4.78 is 48.1. The van der Waals surface area contributed by atoms with Gasteiger partial charge in [0.25, 0.3) is 5.91 Å². The third-order valence-corrected chi connectivity index (χ3v) is 6.93. The normalized spacial score (nSPS) is 13.0. The first-order valence-electron chi connectivity index (χ1n) is 9.16. The van der Waals surface area contributed by atoms with Crippen LogP contribution < -0.4 is 9.62 Å². The second-order valence-corrected chi connectivity index (χ2v) is 10.7. The van der Waals surface area contributed by atoms with Gasteiger partial charge < -0.3 is 5.32 Å².